The fraction of sp³-hybridized carbons (Fsp3) is 0. The van der Waals surface area contributed by atoms with E-state index in [-0.39, 0.29) is 39.9 Å². The van der Waals surface area contributed by atoms with Gasteiger partial charge in [0.1, 0.15) is 0 Å². The van der Waals surface area contributed by atoms with Gasteiger partial charge in [0, 0.05) is 0 Å². The van der Waals surface area contributed by atoms with E-state index < -0.39 is 47.1 Å². The van der Waals surface area contributed by atoms with Gasteiger partial charge in [-0.15, -0.1) is 0 Å². The standard InChI is InChI=1S/Gd.3GeHO2/c;3*2-1-3/h;3*1H/q+3;3*-1. The molecule has 6 nitrogen and oxygen atoms in total. The molecule has 0 aliphatic carbocycles. The molecule has 0 unspecified atom stereocenters. The zero-order chi connectivity index (χ0) is 8.12. The van der Waals surface area contributed by atoms with Crippen molar-refractivity contribution in [3.8, 4) is 0 Å². The molecule has 0 aromatic heterocycles. The second-order valence-electron chi connectivity index (χ2n) is 0.289. The molecule has 1 radical (unpaired) electrons. The Balaban J connectivity index is -0.0000000257. The summed E-state index contributed by atoms with van der Waals surface area (Å²) in [5, 5.41) is 0. The molecule has 0 amide bonds. The molecule has 0 fully saturated rings. The van der Waals surface area contributed by atoms with E-state index in [9.17, 15) is 0 Å². The van der Waals surface area contributed by atoms with Gasteiger partial charge in [-0.2, -0.15) is 0 Å². The van der Waals surface area contributed by atoms with E-state index in [2.05, 4.69) is 0 Å². The molecular weight excluding hydrogens is 471 g/mol. The van der Waals surface area contributed by atoms with Crippen LogP contribution in [0.5, 0.6) is 0 Å². The minimum atomic E-state index is -2.19. The van der Waals surface area contributed by atoms with E-state index >= 15 is 0 Å². The quantitative estimate of drug-likeness (QED) is 0.323. The van der Waals surface area contributed by atoms with Crippen LogP contribution in [0.3, 0.4) is 0 Å². The summed E-state index contributed by atoms with van der Waals surface area (Å²) in [7, 11) is 0. The van der Waals surface area contributed by atoms with Crippen molar-refractivity contribution in [2.45, 2.75) is 0 Å². The van der Waals surface area contributed by atoms with Crippen LogP contribution >= 0.6 is 0 Å². The van der Waals surface area contributed by atoms with Gasteiger partial charge in [0.25, 0.3) is 0 Å². The van der Waals surface area contributed by atoms with Gasteiger partial charge in [0.2, 0.25) is 0 Å². The predicted octanol–water partition coefficient (Wildman–Crippen LogP) is -5.87. The Labute approximate surface area is 109 Å². The Morgan fingerprint density at radius 1 is 0.700 bits per heavy atom. The summed E-state index contributed by atoms with van der Waals surface area (Å²) in [5.41, 5.74) is 0. The Morgan fingerprint density at radius 3 is 0.700 bits per heavy atom. The van der Waals surface area contributed by atoms with Crippen LogP contribution in [-0.4, -0.2) is 47.1 Å². The molecule has 0 aliphatic rings. The van der Waals surface area contributed by atoms with Crippen LogP contribution in [-0.2, 0) is 11.3 Å². The van der Waals surface area contributed by atoms with Gasteiger partial charge >= 0.3 is 111 Å². The van der Waals surface area contributed by atoms with Crippen molar-refractivity contribution in [2.24, 2.45) is 0 Å². The Morgan fingerprint density at radius 2 is 0.700 bits per heavy atom. The van der Waals surface area contributed by atoms with E-state index in [1.807, 2.05) is 0 Å². The average molecular weight is 474 g/mol. The summed E-state index contributed by atoms with van der Waals surface area (Å²) in [6.07, 6.45) is 0. The van der Waals surface area contributed by atoms with Crippen LogP contribution in [0.15, 0.2) is 0 Å². The molecule has 10 heavy (non-hydrogen) atoms. The molecule has 0 aromatic rings. The molecule has 0 N–H and O–H groups in total. The van der Waals surface area contributed by atoms with Crippen molar-refractivity contribution in [3.63, 3.8) is 0 Å². The first-order valence-electron chi connectivity index (χ1n) is 1.41. The van der Waals surface area contributed by atoms with E-state index in [4.69, 9.17) is 23.7 Å². The number of hydrogen-bond acceptors (Lipinski definition) is 6. The summed E-state index contributed by atoms with van der Waals surface area (Å²) in [6.45, 7) is 0. The van der Waals surface area contributed by atoms with Gasteiger partial charge in [0.15, 0.2) is 0 Å². The molecule has 59 valence electrons. The molecular formula is H3GdGe3O6. The summed E-state index contributed by atoms with van der Waals surface area (Å²) in [5.74, 6) is 0. The molecule has 0 saturated heterocycles. The Kier molecular flexibility index (Phi) is 102. The van der Waals surface area contributed by atoms with Crippen molar-refractivity contribution in [2.75, 3.05) is 0 Å². The van der Waals surface area contributed by atoms with Crippen LogP contribution in [0, 0.1) is 39.9 Å². The molecule has 0 atom stereocenters. The van der Waals surface area contributed by atoms with Crippen molar-refractivity contribution in [1.82, 2.24) is 0 Å². The molecule has 0 rings (SSSR count). The molecule has 0 bridgehead atoms. The Bertz CT molecular complexity index is 49.7. The first-order valence-corrected chi connectivity index (χ1v) is 7.35. The third-order valence-electron chi connectivity index (χ3n) is 0. The van der Waals surface area contributed by atoms with Crippen LogP contribution in [0.25, 0.3) is 0 Å². The summed E-state index contributed by atoms with van der Waals surface area (Å²) in [4.78, 5) is 0. The van der Waals surface area contributed by atoms with Gasteiger partial charge < -0.3 is 0 Å². The van der Waals surface area contributed by atoms with Crippen molar-refractivity contribution < 1.29 is 63.7 Å². The first kappa shape index (κ1) is 22.6. The van der Waals surface area contributed by atoms with E-state index in [0.717, 1.165) is 0 Å². The summed E-state index contributed by atoms with van der Waals surface area (Å²) >= 11 is -6.56. The Hall–Kier alpha value is 1.75. The molecule has 0 spiro atoms. The summed E-state index contributed by atoms with van der Waals surface area (Å²) < 4.78 is 51.2. The topological polar surface area (TPSA) is 120 Å². The van der Waals surface area contributed by atoms with Crippen molar-refractivity contribution in [3.05, 3.63) is 0 Å². The monoisotopic (exact) mass is 479 g/mol. The SMILES string of the molecule is [Gd+3].[O]=[GeH][O-].[O]=[GeH][O-].[O]=[GeH][O-]. The van der Waals surface area contributed by atoms with Crippen molar-refractivity contribution >= 4 is 47.1 Å². The summed E-state index contributed by atoms with van der Waals surface area (Å²) in [6, 6.07) is 0. The van der Waals surface area contributed by atoms with E-state index in [1.165, 1.54) is 0 Å². The van der Waals surface area contributed by atoms with Gasteiger partial charge in [0.05, 0.1) is 0 Å². The fourth-order valence-corrected chi connectivity index (χ4v) is 0. The molecule has 0 aromatic carbocycles. The van der Waals surface area contributed by atoms with Gasteiger partial charge in [-0.3, -0.25) is 0 Å². The van der Waals surface area contributed by atoms with Crippen LogP contribution < -0.4 is 12.4 Å². The first-order chi connectivity index (χ1) is 4.24. The molecule has 10 heteroatoms. The third-order valence-corrected chi connectivity index (χ3v) is 0. The average Bonchev–Trinajstić information content (AvgIpc) is 1.70. The maximum atomic E-state index is 8.53. The maximum absolute atomic E-state index is 8.53. The van der Waals surface area contributed by atoms with Crippen LogP contribution in [0.2, 0.25) is 0 Å². The fourth-order valence-electron chi connectivity index (χ4n) is 0. The zero-order valence-electron chi connectivity index (χ0n) is 4.54. The van der Waals surface area contributed by atoms with Gasteiger partial charge in [-0.1, -0.05) is 0 Å². The van der Waals surface area contributed by atoms with Crippen molar-refractivity contribution in [1.29, 1.82) is 0 Å². The van der Waals surface area contributed by atoms with Gasteiger partial charge in [-0.25, -0.2) is 0 Å². The van der Waals surface area contributed by atoms with Crippen LogP contribution in [0.1, 0.15) is 0 Å². The molecule has 0 aliphatic heterocycles. The molecule has 0 heterocycles. The third kappa shape index (κ3) is 243. The normalized spacial score (nSPS) is 3.60. The predicted molar refractivity (Wildman–Crippen MR) is 23.5 cm³/mol. The zero-order valence-corrected chi connectivity index (χ0v) is 14.1. The van der Waals surface area contributed by atoms with Gasteiger partial charge in [-0.05, 0) is 0 Å². The second kappa shape index (κ2) is 45.3. The number of hydrogen-bond donors (Lipinski definition) is 0. The second-order valence-corrected chi connectivity index (χ2v) is 1.50. The minimum absolute atomic E-state index is 0. The van der Waals surface area contributed by atoms with E-state index in [1.54, 1.807) is 0 Å². The molecule has 0 saturated carbocycles. The number of rotatable bonds is 0. The van der Waals surface area contributed by atoms with E-state index in [0.29, 0.717) is 0 Å². The van der Waals surface area contributed by atoms with Crippen LogP contribution in [0.4, 0.5) is 0 Å².